The highest BCUT2D eigenvalue weighted by molar-refractivity contribution is 5.73. The number of hydrogen-bond acceptors (Lipinski definition) is 2. The number of aliphatic hydroxyl groups excluding tert-OH is 1. The summed E-state index contributed by atoms with van der Waals surface area (Å²) in [5, 5.41) is 10.1. The van der Waals surface area contributed by atoms with Gasteiger partial charge in [-0.2, -0.15) is 0 Å². The van der Waals surface area contributed by atoms with Gasteiger partial charge in [0.05, 0.1) is 12.1 Å². The van der Waals surface area contributed by atoms with Crippen molar-refractivity contribution in [2.75, 3.05) is 0 Å². The largest absolute Gasteiger partial charge is 0.391 e. The smallest absolute Gasteiger partial charge is 0.220 e. The van der Waals surface area contributed by atoms with Crippen LogP contribution in [0, 0.1) is 0 Å². The predicted octanol–water partition coefficient (Wildman–Crippen LogP) is 2.34. The summed E-state index contributed by atoms with van der Waals surface area (Å²) in [4.78, 5) is 13.6. The van der Waals surface area contributed by atoms with Gasteiger partial charge in [-0.05, 0) is 18.4 Å². The number of carbonyl (C=O) groups excluding carboxylic acids is 1. The first-order valence-electron chi connectivity index (χ1n) is 6.67. The molecule has 1 fully saturated rings. The van der Waals surface area contributed by atoms with Crippen LogP contribution >= 0.6 is 0 Å². The fourth-order valence-electron chi connectivity index (χ4n) is 2.70. The minimum absolute atomic E-state index is 0.0172. The summed E-state index contributed by atoms with van der Waals surface area (Å²) in [6, 6.07) is 9.94. The fourth-order valence-corrected chi connectivity index (χ4v) is 2.70. The highest BCUT2D eigenvalue weighted by atomic mass is 16.3. The Morgan fingerprint density at radius 2 is 1.94 bits per heavy atom. The Kier molecular flexibility index (Phi) is 4.37. The van der Waals surface area contributed by atoms with Crippen molar-refractivity contribution in [2.24, 2.45) is 0 Å². The van der Waals surface area contributed by atoms with Crippen molar-refractivity contribution < 1.29 is 9.90 Å². The van der Waals surface area contributed by atoms with E-state index in [1.165, 1.54) is 0 Å². The van der Waals surface area contributed by atoms with Crippen LogP contribution in [-0.2, 0) is 11.3 Å². The molecule has 2 atom stereocenters. The molecule has 18 heavy (non-hydrogen) atoms. The molecule has 1 aromatic carbocycles. The standard InChI is InChI=1S/C15H21NO2/c1-12(17)16(11-13-7-3-2-4-8-13)14-9-5-6-10-15(14)18/h2-4,7-8,14-15,18H,5-6,9-11H2,1H3/t14-,15-/m1/s1. The van der Waals surface area contributed by atoms with E-state index in [1.807, 2.05) is 35.2 Å². The van der Waals surface area contributed by atoms with Gasteiger partial charge in [-0.1, -0.05) is 43.2 Å². The van der Waals surface area contributed by atoms with Crippen molar-refractivity contribution in [3.8, 4) is 0 Å². The van der Waals surface area contributed by atoms with Gasteiger partial charge >= 0.3 is 0 Å². The molecule has 0 aromatic heterocycles. The number of benzene rings is 1. The second kappa shape index (κ2) is 6.01. The van der Waals surface area contributed by atoms with E-state index in [2.05, 4.69) is 0 Å². The first-order valence-corrected chi connectivity index (χ1v) is 6.67. The van der Waals surface area contributed by atoms with Crippen LogP contribution in [0.25, 0.3) is 0 Å². The molecule has 0 saturated heterocycles. The molecular weight excluding hydrogens is 226 g/mol. The van der Waals surface area contributed by atoms with Gasteiger partial charge in [0, 0.05) is 13.5 Å². The van der Waals surface area contributed by atoms with Crippen molar-refractivity contribution in [3.05, 3.63) is 35.9 Å². The highest BCUT2D eigenvalue weighted by Crippen LogP contribution is 2.24. The summed E-state index contributed by atoms with van der Waals surface area (Å²) in [5.41, 5.74) is 1.12. The second-order valence-corrected chi connectivity index (χ2v) is 5.05. The maximum Gasteiger partial charge on any atom is 0.220 e. The van der Waals surface area contributed by atoms with Crippen molar-refractivity contribution >= 4 is 5.91 Å². The van der Waals surface area contributed by atoms with Crippen molar-refractivity contribution in [3.63, 3.8) is 0 Å². The quantitative estimate of drug-likeness (QED) is 0.890. The Morgan fingerprint density at radius 1 is 1.28 bits per heavy atom. The van der Waals surface area contributed by atoms with E-state index in [1.54, 1.807) is 6.92 Å². The molecule has 0 unspecified atom stereocenters. The Morgan fingerprint density at radius 3 is 2.56 bits per heavy atom. The molecule has 1 N–H and O–H groups in total. The third kappa shape index (κ3) is 3.10. The SMILES string of the molecule is CC(=O)N(Cc1ccccc1)[C@@H]1CCCC[C@H]1O. The number of aliphatic hydroxyl groups is 1. The molecule has 0 bridgehead atoms. The number of amides is 1. The first-order chi connectivity index (χ1) is 8.68. The van der Waals surface area contributed by atoms with E-state index >= 15 is 0 Å². The van der Waals surface area contributed by atoms with Gasteiger partial charge in [0.15, 0.2) is 0 Å². The average Bonchev–Trinajstić information content (AvgIpc) is 2.38. The summed E-state index contributed by atoms with van der Waals surface area (Å²) < 4.78 is 0. The molecule has 2 rings (SSSR count). The lowest BCUT2D eigenvalue weighted by Crippen LogP contribution is -2.47. The van der Waals surface area contributed by atoms with Crippen LogP contribution in [0.5, 0.6) is 0 Å². The fraction of sp³-hybridized carbons (Fsp3) is 0.533. The zero-order chi connectivity index (χ0) is 13.0. The molecule has 1 aliphatic carbocycles. The molecular formula is C15H21NO2. The number of hydrogen-bond donors (Lipinski definition) is 1. The molecule has 0 radical (unpaired) electrons. The van der Waals surface area contributed by atoms with Gasteiger partial charge in [0.2, 0.25) is 5.91 Å². The van der Waals surface area contributed by atoms with Crippen LogP contribution in [-0.4, -0.2) is 28.1 Å². The summed E-state index contributed by atoms with van der Waals surface area (Å²) in [6.45, 7) is 2.18. The number of rotatable bonds is 3. The summed E-state index contributed by atoms with van der Waals surface area (Å²) in [5.74, 6) is 0.0461. The van der Waals surface area contributed by atoms with E-state index in [-0.39, 0.29) is 18.1 Å². The van der Waals surface area contributed by atoms with Gasteiger partial charge in [0.1, 0.15) is 0 Å². The van der Waals surface area contributed by atoms with Gasteiger partial charge in [-0.25, -0.2) is 0 Å². The van der Waals surface area contributed by atoms with Crippen LogP contribution in [0.4, 0.5) is 0 Å². The van der Waals surface area contributed by atoms with E-state index in [0.29, 0.717) is 6.54 Å². The zero-order valence-electron chi connectivity index (χ0n) is 10.9. The third-order valence-electron chi connectivity index (χ3n) is 3.69. The summed E-state index contributed by atoms with van der Waals surface area (Å²) >= 11 is 0. The molecule has 3 heteroatoms. The third-order valence-corrected chi connectivity index (χ3v) is 3.69. The summed E-state index contributed by atoms with van der Waals surface area (Å²) in [6.07, 6.45) is 3.51. The van der Waals surface area contributed by atoms with Crippen LogP contribution in [0.3, 0.4) is 0 Å². The lowest BCUT2D eigenvalue weighted by atomic mass is 9.91. The van der Waals surface area contributed by atoms with E-state index in [0.717, 1.165) is 31.2 Å². The molecule has 0 heterocycles. The molecule has 1 amide bonds. The Bertz CT molecular complexity index is 391. The molecule has 0 aliphatic heterocycles. The van der Waals surface area contributed by atoms with Crippen LogP contribution in [0.2, 0.25) is 0 Å². The minimum atomic E-state index is -0.369. The highest BCUT2D eigenvalue weighted by Gasteiger charge is 2.30. The second-order valence-electron chi connectivity index (χ2n) is 5.05. The first kappa shape index (κ1) is 13.1. The maximum atomic E-state index is 11.8. The van der Waals surface area contributed by atoms with Gasteiger partial charge in [-0.15, -0.1) is 0 Å². The van der Waals surface area contributed by atoms with Crippen LogP contribution in [0.1, 0.15) is 38.2 Å². The summed E-state index contributed by atoms with van der Waals surface area (Å²) in [7, 11) is 0. The topological polar surface area (TPSA) is 40.5 Å². The molecule has 1 aromatic rings. The van der Waals surface area contributed by atoms with Gasteiger partial charge in [0.25, 0.3) is 0 Å². The van der Waals surface area contributed by atoms with Crippen LogP contribution in [0.15, 0.2) is 30.3 Å². The Hall–Kier alpha value is -1.35. The Balaban J connectivity index is 2.10. The van der Waals surface area contributed by atoms with E-state index in [4.69, 9.17) is 0 Å². The van der Waals surface area contributed by atoms with Crippen molar-refractivity contribution in [1.29, 1.82) is 0 Å². The molecule has 98 valence electrons. The van der Waals surface area contributed by atoms with Crippen LogP contribution < -0.4 is 0 Å². The van der Waals surface area contributed by atoms with E-state index < -0.39 is 0 Å². The van der Waals surface area contributed by atoms with Gasteiger partial charge < -0.3 is 10.0 Å². The lowest BCUT2D eigenvalue weighted by Gasteiger charge is -2.37. The predicted molar refractivity (Wildman–Crippen MR) is 70.9 cm³/mol. The molecule has 1 saturated carbocycles. The molecule has 3 nitrogen and oxygen atoms in total. The minimum Gasteiger partial charge on any atom is -0.391 e. The molecule has 1 aliphatic rings. The average molecular weight is 247 g/mol. The number of carbonyl (C=O) groups is 1. The molecule has 0 spiro atoms. The Labute approximate surface area is 108 Å². The number of nitrogens with zero attached hydrogens (tertiary/aromatic N) is 1. The normalized spacial score (nSPS) is 23.7. The van der Waals surface area contributed by atoms with Gasteiger partial charge in [-0.3, -0.25) is 4.79 Å². The lowest BCUT2D eigenvalue weighted by molar-refractivity contribution is -0.135. The zero-order valence-corrected chi connectivity index (χ0v) is 10.9. The van der Waals surface area contributed by atoms with Crippen molar-refractivity contribution in [1.82, 2.24) is 4.90 Å². The van der Waals surface area contributed by atoms with E-state index in [9.17, 15) is 9.90 Å². The van der Waals surface area contributed by atoms with Crippen molar-refractivity contribution in [2.45, 2.75) is 51.3 Å². The maximum absolute atomic E-state index is 11.8. The monoisotopic (exact) mass is 247 g/mol.